The van der Waals surface area contributed by atoms with Gasteiger partial charge < -0.3 is 15.3 Å². The van der Waals surface area contributed by atoms with Crippen molar-refractivity contribution in [3.05, 3.63) is 67.9 Å². The van der Waals surface area contributed by atoms with E-state index in [4.69, 9.17) is 50.1 Å². The molecule has 3 rings (SSSR count). The van der Waals surface area contributed by atoms with Crippen LogP contribution in [-0.2, 0) is 15.2 Å². The normalized spacial score (nSPS) is 19.4. The average Bonchev–Trinajstić information content (AvgIpc) is 3.16. The first kappa shape index (κ1) is 26.4. The third kappa shape index (κ3) is 4.92. The molecule has 0 saturated carbocycles. The summed E-state index contributed by atoms with van der Waals surface area (Å²) < 4.78 is 62.6. The summed E-state index contributed by atoms with van der Waals surface area (Å²) in [7, 11) is 0. The van der Waals surface area contributed by atoms with Gasteiger partial charge in [0.1, 0.15) is 11.9 Å². The van der Waals surface area contributed by atoms with E-state index in [2.05, 4.69) is 5.16 Å². The minimum Gasteiger partial charge on any atom is -0.441 e. The number of oxime groups is 1. The number of nitrogens with two attached hydrogens (primary N) is 1. The lowest BCUT2D eigenvalue weighted by molar-refractivity contribution is -0.275. The summed E-state index contributed by atoms with van der Waals surface area (Å²) in [6, 6.07) is 5.56. The van der Waals surface area contributed by atoms with Crippen LogP contribution >= 0.6 is 34.8 Å². The van der Waals surface area contributed by atoms with E-state index < -0.39 is 47.2 Å². The van der Waals surface area contributed by atoms with Gasteiger partial charge >= 0.3 is 12.3 Å². The maximum Gasteiger partial charge on any atom is 0.435 e. The molecular weight excluding hydrogens is 523 g/mol. The fourth-order valence-corrected chi connectivity index (χ4v) is 4.19. The number of halogens is 7. The third-order valence-corrected chi connectivity index (χ3v) is 6.47. The fraction of sp³-hybridized carbons (Fsp3) is 0.364. The molecule has 0 radical (unpaired) electrons. The van der Waals surface area contributed by atoms with E-state index in [-0.39, 0.29) is 31.9 Å². The molecule has 2 atom stereocenters. The Bertz CT molecular complexity index is 1140. The molecule has 0 bridgehead atoms. The van der Waals surface area contributed by atoms with Crippen LogP contribution in [-0.4, -0.2) is 18.0 Å². The molecule has 0 saturated heterocycles. The van der Waals surface area contributed by atoms with Gasteiger partial charge in [-0.1, -0.05) is 66.8 Å². The molecule has 1 amide bonds. The van der Waals surface area contributed by atoms with Crippen molar-refractivity contribution in [1.29, 1.82) is 0 Å². The fourth-order valence-electron chi connectivity index (χ4n) is 3.59. The predicted octanol–water partition coefficient (Wildman–Crippen LogP) is 7.55. The van der Waals surface area contributed by atoms with Crippen molar-refractivity contribution in [3.63, 3.8) is 0 Å². The molecule has 1 heterocycles. The monoisotopic (exact) mass is 540 g/mol. The predicted molar refractivity (Wildman–Crippen MR) is 121 cm³/mol. The molecule has 2 aromatic rings. The van der Waals surface area contributed by atoms with Gasteiger partial charge in [-0.15, -0.1) is 0 Å². The van der Waals surface area contributed by atoms with Gasteiger partial charge in [0.25, 0.3) is 5.60 Å². The molecule has 2 unspecified atom stereocenters. The lowest BCUT2D eigenvalue weighted by Gasteiger charge is -2.31. The molecule has 2 N–H and O–H groups in total. The number of rotatable bonds is 4. The smallest absolute Gasteiger partial charge is 0.435 e. The van der Waals surface area contributed by atoms with Gasteiger partial charge in [-0.3, -0.25) is 0 Å². The molecule has 0 fully saturated rings. The van der Waals surface area contributed by atoms with Crippen LogP contribution in [0.1, 0.15) is 50.0 Å². The molecule has 0 spiro atoms. The summed E-state index contributed by atoms with van der Waals surface area (Å²) >= 11 is 17.8. The number of nitrogens with zero attached hydrogens (tertiary/aromatic N) is 1. The van der Waals surface area contributed by atoms with Crippen LogP contribution in [0.4, 0.5) is 22.4 Å². The highest BCUT2D eigenvalue weighted by Gasteiger charge is 2.62. The zero-order valence-electron chi connectivity index (χ0n) is 18.1. The standard InChI is InChI=1S/C22H19Cl3F4N2O3/c1-20(2,3)18(33-19(30)32)12-6-10(4-5-15(12)26)16-9-21(34-31-16,22(27,28)29)11-7-13(23)17(25)14(24)8-11/h4-8,18H,9H2,1-3H3,(H2,30,32). The highest BCUT2D eigenvalue weighted by atomic mass is 35.5. The summed E-state index contributed by atoms with van der Waals surface area (Å²) in [5, 5.41) is 3.18. The maximum atomic E-state index is 14.7. The summed E-state index contributed by atoms with van der Waals surface area (Å²) in [4.78, 5) is 16.4. The number of ether oxygens (including phenoxy) is 1. The van der Waals surface area contributed by atoms with E-state index in [0.717, 1.165) is 18.2 Å². The number of carbonyl (C=O) groups excluding carboxylic acids is 1. The van der Waals surface area contributed by atoms with Crippen LogP contribution < -0.4 is 5.73 Å². The second-order valence-corrected chi connectivity index (χ2v) is 10.00. The first-order valence-corrected chi connectivity index (χ1v) is 10.9. The Labute approximate surface area is 207 Å². The average molecular weight is 542 g/mol. The lowest BCUT2D eigenvalue weighted by atomic mass is 9.82. The van der Waals surface area contributed by atoms with Gasteiger partial charge in [-0.25, -0.2) is 9.18 Å². The van der Waals surface area contributed by atoms with E-state index >= 15 is 0 Å². The summed E-state index contributed by atoms with van der Waals surface area (Å²) in [6.07, 6.45) is -7.93. The van der Waals surface area contributed by atoms with Crippen LogP contribution in [0.3, 0.4) is 0 Å². The van der Waals surface area contributed by atoms with Crippen molar-refractivity contribution in [3.8, 4) is 0 Å². The zero-order valence-corrected chi connectivity index (χ0v) is 20.3. The second kappa shape index (κ2) is 9.09. The van der Waals surface area contributed by atoms with Crippen molar-refractivity contribution in [2.45, 2.75) is 45.1 Å². The van der Waals surface area contributed by atoms with Gasteiger partial charge in [0.2, 0.25) is 0 Å². The first-order chi connectivity index (χ1) is 15.6. The Morgan fingerprint density at radius 2 is 1.74 bits per heavy atom. The molecule has 34 heavy (non-hydrogen) atoms. The van der Waals surface area contributed by atoms with Crippen molar-refractivity contribution >= 4 is 46.6 Å². The minimum atomic E-state index is -4.93. The zero-order chi connectivity index (χ0) is 25.6. The van der Waals surface area contributed by atoms with Crippen LogP contribution in [0.15, 0.2) is 35.5 Å². The quantitative estimate of drug-likeness (QED) is 0.321. The largest absolute Gasteiger partial charge is 0.441 e. The number of primary amides is 1. The van der Waals surface area contributed by atoms with Crippen LogP contribution in [0.25, 0.3) is 0 Å². The maximum absolute atomic E-state index is 14.7. The van der Waals surface area contributed by atoms with E-state index in [1.165, 1.54) is 12.1 Å². The molecule has 2 aromatic carbocycles. The SMILES string of the molecule is CC(C)(C)C(OC(N)=O)c1cc(C2=NOC(c3cc(Cl)c(Cl)c(Cl)c3)(C(F)(F)F)C2)ccc1F. The van der Waals surface area contributed by atoms with Crippen molar-refractivity contribution in [1.82, 2.24) is 0 Å². The molecule has 1 aliphatic heterocycles. The van der Waals surface area contributed by atoms with E-state index in [1.807, 2.05) is 0 Å². The number of carbonyl (C=O) groups is 1. The number of amides is 1. The minimum absolute atomic E-state index is 0.0754. The Hall–Kier alpha value is -2.23. The lowest BCUT2D eigenvalue weighted by Crippen LogP contribution is -2.42. The first-order valence-electron chi connectivity index (χ1n) is 9.79. The van der Waals surface area contributed by atoms with Crippen molar-refractivity contribution < 1.29 is 31.9 Å². The molecule has 5 nitrogen and oxygen atoms in total. The van der Waals surface area contributed by atoms with Gasteiger partial charge in [-0.2, -0.15) is 13.2 Å². The van der Waals surface area contributed by atoms with Crippen LogP contribution in [0.5, 0.6) is 0 Å². The molecule has 0 aliphatic carbocycles. The highest BCUT2D eigenvalue weighted by molar-refractivity contribution is 6.48. The van der Waals surface area contributed by atoms with E-state index in [0.29, 0.717) is 0 Å². The second-order valence-electron chi connectivity index (χ2n) is 8.80. The number of alkyl halides is 3. The summed E-state index contributed by atoms with van der Waals surface area (Å²) in [6.45, 7) is 5.06. The number of hydrogen-bond acceptors (Lipinski definition) is 4. The molecule has 184 valence electrons. The Morgan fingerprint density at radius 1 is 1.15 bits per heavy atom. The van der Waals surface area contributed by atoms with E-state index in [1.54, 1.807) is 20.8 Å². The molecule has 0 aromatic heterocycles. The van der Waals surface area contributed by atoms with Gasteiger partial charge in [0.15, 0.2) is 0 Å². The van der Waals surface area contributed by atoms with Crippen LogP contribution in [0.2, 0.25) is 15.1 Å². The number of hydrogen-bond donors (Lipinski definition) is 1. The summed E-state index contributed by atoms with van der Waals surface area (Å²) in [5.41, 5.74) is 0.997. The van der Waals surface area contributed by atoms with E-state index in [9.17, 15) is 22.4 Å². The van der Waals surface area contributed by atoms with Crippen molar-refractivity contribution in [2.75, 3.05) is 0 Å². The van der Waals surface area contributed by atoms with Gasteiger partial charge in [-0.05, 0) is 24.3 Å². The van der Waals surface area contributed by atoms with Crippen LogP contribution in [0, 0.1) is 11.2 Å². The molecule has 12 heteroatoms. The summed E-state index contributed by atoms with van der Waals surface area (Å²) in [5.74, 6) is -0.734. The topological polar surface area (TPSA) is 73.9 Å². The molecule has 1 aliphatic rings. The van der Waals surface area contributed by atoms with Gasteiger partial charge in [0.05, 0.1) is 20.8 Å². The Morgan fingerprint density at radius 3 is 2.24 bits per heavy atom. The van der Waals surface area contributed by atoms with Gasteiger partial charge in [0, 0.05) is 28.5 Å². The van der Waals surface area contributed by atoms with Crippen molar-refractivity contribution in [2.24, 2.45) is 16.3 Å². The Kier molecular flexibility index (Phi) is 7.05. The third-order valence-electron chi connectivity index (χ3n) is 5.27. The Balaban J connectivity index is 2.06. The molecular formula is C22H19Cl3F4N2O3. The number of benzene rings is 2. The highest BCUT2D eigenvalue weighted by Crippen LogP contribution is 2.51.